The second kappa shape index (κ2) is 9.75. The molecule has 0 unspecified atom stereocenters. The second-order valence-corrected chi connectivity index (χ2v) is 8.34. The Kier molecular flexibility index (Phi) is 6.60. The van der Waals surface area contributed by atoms with E-state index in [1.807, 2.05) is 42.5 Å². The van der Waals surface area contributed by atoms with E-state index >= 15 is 0 Å². The lowest BCUT2D eigenvalue weighted by Gasteiger charge is -2.16. The van der Waals surface area contributed by atoms with Crippen LogP contribution in [0.1, 0.15) is 18.1 Å². The van der Waals surface area contributed by atoms with Gasteiger partial charge >= 0.3 is 0 Å². The predicted octanol–water partition coefficient (Wildman–Crippen LogP) is 4.87. The van der Waals surface area contributed by atoms with Gasteiger partial charge in [0.2, 0.25) is 5.91 Å². The molecule has 1 N–H and O–H groups in total. The highest BCUT2D eigenvalue weighted by Gasteiger charge is 2.41. The van der Waals surface area contributed by atoms with E-state index in [2.05, 4.69) is 5.32 Å². The maximum absolute atomic E-state index is 13.6. The summed E-state index contributed by atoms with van der Waals surface area (Å²) in [6.07, 6.45) is 0. The van der Waals surface area contributed by atoms with Crippen molar-refractivity contribution in [1.29, 1.82) is 0 Å². The molecule has 3 aromatic rings. The number of benzene rings is 3. The summed E-state index contributed by atoms with van der Waals surface area (Å²) in [6, 6.07) is 23.6. The molecular weight excluding hydrogens is 436 g/mol. The fraction of sp³-hybridized carbons (Fsp3) is 0.115. The number of methoxy groups -OCH3 is 1. The molecule has 7 heteroatoms. The summed E-state index contributed by atoms with van der Waals surface area (Å²) in [5, 5.41) is 2.68. The third-order valence-corrected chi connectivity index (χ3v) is 6.23. The van der Waals surface area contributed by atoms with Gasteiger partial charge in [0, 0.05) is 23.9 Å². The first-order valence-corrected chi connectivity index (χ1v) is 11.3. The van der Waals surface area contributed by atoms with E-state index in [-0.39, 0.29) is 11.8 Å². The van der Waals surface area contributed by atoms with E-state index in [4.69, 9.17) is 4.74 Å². The monoisotopic (exact) mass is 458 g/mol. The molecule has 33 heavy (non-hydrogen) atoms. The SMILES string of the molecule is COc1ccccc1C1=C(SCc2ccccc2)C(=O)N(c2ccc(NC(C)=O)cc2)C1=O. The first-order valence-electron chi connectivity index (χ1n) is 10.3. The molecule has 3 amide bonds. The van der Waals surface area contributed by atoms with E-state index in [0.29, 0.717) is 38.9 Å². The molecule has 0 fully saturated rings. The fourth-order valence-electron chi connectivity index (χ4n) is 3.59. The molecule has 0 saturated carbocycles. The minimum atomic E-state index is -0.410. The standard InChI is InChI=1S/C26H22N2O4S/c1-17(29)27-19-12-14-20(15-13-19)28-25(30)23(21-10-6-7-11-22(21)32-2)24(26(28)31)33-16-18-8-4-3-5-9-18/h3-15H,16H2,1-2H3,(H,27,29). The summed E-state index contributed by atoms with van der Waals surface area (Å²) in [5.41, 5.74) is 2.96. The molecule has 0 bridgehead atoms. The Morgan fingerprint density at radius 3 is 2.24 bits per heavy atom. The predicted molar refractivity (Wildman–Crippen MR) is 131 cm³/mol. The molecule has 6 nitrogen and oxygen atoms in total. The van der Waals surface area contributed by atoms with Crippen molar-refractivity contribution in [2.75, 3.05) is 17.3 Å². The summed E-state index contributed by atoms with van der Waals surface area (Å²) in [5.74, 6) is 0.0787. The van der Waals surface area contributed by atoms with E-state index in [0.717, 1.165) is 5.56 Å². The fourth-order valence-corrected chi connectivity index (χ4v) is 4.65. The third-order valence-electron chi connectivity index (χ3n) is 5.09. The van der Waals surface area contributed by atoms with Crippen molar-refractivity contribution in [1.82, 2.24) is 0 Å². The first-order chi connectivity index (χ1) is 16.0. The van der Waals surface area contributed by atoms with Crippen LogP contribution < -0.4 is 15.0 Å². The van der Waals surface area contributed by atoms with Crippen molar-refractivity contribution in [3.63, 3.8) is 0 Å². The Morgan fingerprint density at radius 1 is 0.909 bits per heavy atom. The van der Waals surface area contributed by atoms with E-state index in [1.165, 1.54) is 30.7 Å². The number of para-hydroxylation sites is 1. The van der Waals surface area contributed by atoms with Crippen LogP contribution in [0.4, 0.5) is 11.4 Å². The summed E-state index contributed by atoms with van der Waals surface area (Å²) in [7, 11) is 1.54. The van der Waals surface area contributed by atoms with Crippen molar-refractivity contribution >= 4 is 46.4 Å². The molecule has 0 spiro atoms. The lowest BCUT2D eigenvalue weighted by Crippen LogP contribution is -2.31. The number of carbonyl (C=O) groups excluding carboxylic acids is 3. The zero-order valence-corrected chi connectivity index (χ0v) is 19.0. The van der Waals surface area contributed by atoms with Crippen LogP contribution in [0.25, 0.3) is 5.57 Å². The van der Waals surface area contributed by atoms with Gasteiger partial charge in [-0.15, -0.1) is 11.8 Å². The van der Waals surface area contributed by atoms with Crippen molar-refractivity contribution in [2.24, 2.45) is 0 Å². The minimum Gasteiger partial charge on any atom is -0.496 e. The lowest BCUT2D eigenvalue weighted by molar-refractivity contribution is -0.120. The van der Waals surface area contributed by atoms with Crippen LogP contribution in [0.5, 0.6) is 5.75 Å². The van der Waals surface area contributed by atoms with Crippen molar-refractivity contribution in [3.8, 4) is 5.75 Å². The van der Waals surface area contributed by atoms with Crippen LogP contribution in [-0.4, -0.2) is 24.8 Å². The number of thioether (sulfide) groups is 1. The van der Waals surface area contributed by atoms with Gasteiger partial charge in [-0.05, 0) is 35.9 Å². The van der Waals surface area contributed by atoms with Gasteiger partial charge in [0.25, 0.3) is 11.8 Å². The number of nitrogens with one attached hydrogen (secondary N) is 1. The highest BCUT2D eigenvalue weighted by molar-refractivity contribution is 8.03. The van der Waals surface area contributed by atoms with Crippen LogP contribution in [0.3, 0.4) is 0 Å². The molecule has 3 aromatic carbocycles. The molecule has 0 aromatic heterocycles. The largest absolute Gasteiger partial charge is 0.496 e. The summed E-state index contributed by atoms with van der Waals surface area (Å²) in [6.45, 7) is 1.42. The average molecular weight is 459 g/mol. The van der Waals surface area contributed by atoms with Crippen molar-refractivity contribution < 1.29 is 19.1 Å². The van der Waals surface area contributed by atoms with E-state index in [9.17, 15) is 14.4 Å². The van der Waals surface area contributed by atoms with Gasteiger partial charge in [-0.2, -0.15) is 0 Å². The maximum Gasteiger partial charge on any atom is 0.272 e. The van der Waals surface area contributed by atoms with Gasteiger partial charge < -0.3 is 10.1 Å². The molecule has 0 atom stereocenters. The summed E-state index contributed by atoms with van der Waals surface area (Å²) >= 11 is 1.34. The Morgan fingerprint density at radius 2 is 1.58 bits per heavy atom. The average Bonchev–Trinajstić information content (AvgIpc) is 3.07. The summed E-state index contributed by atoms with van der Waals surface area (Å²) < 4.78 is 5.48. The van der Waals surface area contributed by atoms with Gasteiger partial charge in [0.05, 0.1) is 23.3 Å². The number of anilines is 2. The Bertz CT molecular complexity index is 1240. The van der Waals surface area contributed by atoms with Crippen LogP contribution in [-0.2, 0) is 20.1 Å². The second-order valence-electron chi connectivity index (χ2n) is 7.35. The number of ether oxygens (including phenoxy) is 1. The van der Waals surface area contributed by atoms with Gasteiger partial charge in [0.15, 0.2) is 0 Å². The summed E-state index contributed by atoms with van der Waals surface area (Å²) in [4.78, 5) is 39.9. The van der Waals surface area contributed by atoms with Gasteiger partial charge in [-0.3, -0.25) is 14.4 Å². The van der Waals surface area contributed by atoms with Crippen molar-refractivity contribution in [2.45, 2.75) is 12.7 Å². The molecule has 1 aliphatic heterocycles. The maximum atomic E-state index is 13.6. The highest BCUT2D eigenvalue weighted by Crippen LogP contribution is 2.42. The minimum absolute atomic E-state index is 0.198. The molecule has 1 heterocycles. The lowest BCUT2D eigenvalue weighted by atomic mass is 10.0. The molecular formula is C26H22N2O4S. The Labute approximate surface area is 196 Å². The normalized spacial score (nSPS) is 13.5. The molecule has 0 saturated heterocycles. The topological polar surface area (TPSA) is 75.7 Å². The Hall–Kier alpha value is -3.84. The van der Waals surface area contributed by atoms with Gasteiger partial charge in [-0.25, -0.2) is 4.90 Å². The number of carbonyl (C=O) groups is 3. The zero-order chi connectivity index (χ0) is 23.4. The number of imide groups is 1. The zero-order valence-electron chi connectivity index (χ0n) is 18.2. The number of rotatable bonds is 7. The smallest absolute Gasteiger partial charge is 0.272 e. The highest BCUT2D eigenvalue weighted by atomic mass is 32.2. The number of nitrogens with zero attached hydrogens (tertiary/aromatic N) is 1. The van der Waals surface area contributed by atoms with Crippen molar-refractivity contribution in [3.05, 3.63) is 94.9 Å². The first kappa shape index (κ1) is 22.4. The third kappa shape index (κ3) is 4.68. The van der Waals surface area contributed by atoms with Crippen LogP contribution in [0.2, 0.25) is 0 Å². The van der Waals surface area contributed by atoms with Crippen LogP contribution in [0.15, 0.2) is 83.8 Å². The number of amides is 3. The molecule has 1 aliphatic rings. The van der Waals surface area contributed by atoms with Gasteiger partial charge in [0.1, 0.15) is 5.75 Å². The number of hydrogen-bond acceptors (Lipinski definition) is 5. The Balaban J connectivity index is 1.73. The molecule has 4 rings (SSSR count). The molecule has 0 radical (unpaired) electrons. The van der Waals surface area contributed by atoms with E-state index < -0.39 is 5.91 Å². The molecule has 0 aliphatic carbocycles. The quantitative estimate of drug-likeness (QED) is 0.511. The molecule has 166 valence electrons. The van der Waals surface area contributed by atoms with E-state index in [1.54, 1.807) is 36.4 Å². The number of hydrogen-bond donors (Lipinski definition) is 1. The van der Waals surface area contributed by atoms with Gasteiger partial charge in [-0.1, -0.05) is 48.5 Å². The van der Waals surface area contributed by atoms with Crippen LogP contribution >= 0.6 is 11.8 Å². The van der Waals surface area contributed by atoms with Crippen LogP contribution in [0, 0.1) is 0 Å².